The van der Waals surface area contributed by atoms with Gasteiger partial charge in [0.15, 0.2) is 0 Å². The Hall–Kier alpha value is -2.80. The topological polar surface area (TPSA) is 84.2 Å². The minimum Gasteiger partial charge on any atom is -0.467 e. The first-order valence-electron chi connectivity index (χ1n) is 7.37. The van der Waals surface area contributed by atoms with Gasteiger partial charge in [0.1, 0.15) is 11.6 Å². The first-order chi connectivity index (χ1) is 11.6. The van der Waals surface area contributed by atoms with Crippen molar-refractivity contribution >= 4 is 21.5 Å². The molecule has 0 fully saturated rings. The highest BCUT2D eigenvalue weighted by atomic mass is 32.2. The third kappa shape index (κ3) is 4.60. The predicted octanol–water partition coefficient (Wildman–Crippen LogP) is 3.23. The van der Waals surface area contributed by atoms with Gasteiger partial charge in [-0.2, -0.15) is 0 Å². The number of aromatic nitrogens is 1. The maximum atomic E-state index is 12.2. The molecule has 7 heteroatoms. The Balaban J connectivity index is 1.59. The molecule has 0 saturated heterocycles. The van der Waals surface area contributed by atoms with E-state index in [0.29, 0.717) is 18.1 Å². The Morgan fingerprint density at radius 2 is 1.83 bits per heavy atom. The van der Waals surface area contributed by atoms with Crippen molar-refractivity contribution in [2.75, 3.05) is 10.0 Å². The van der Waals surface area contributed by atoms with E-state index in [0.717, 1.165) is 11.3 Å². The summed E-state index contributed by atoms with van der Waals surface area (Å²) in [5, 5.41) is 3.09. The van der Waals surface area contributed by atoms with E-state index in [9.17, 15) is 8.42 Å². The molecule has 0 spiro atoms. The van der Waals surface area contributed by atoms with Crippen LogP contribution in [0.3, 0.4) is 0 Å². The molecule has 124 valence electrons. The predicted molar refractivity (Wildman–Crippen MR) is 93.0 cm³/mol. The fourth-order valence-corrected chi connectivity index (χ4v) is 3.34. The average molecular weight is 343 g/mol. The van der Waals surface area contributed by atoms with Crippen LogP contribution in [-0.4, -0.2) is 13.4 Å². The number of rotatable bonds is 7. The molecule has 0 atom stereocenters. The molecule has 0 saturated carbocycles. The molecule has 0 aliphatic rings. The second kappa shape index (κ2) is 7.18. The number of nitrogens with zero attached hydrogens (tertiary/aromatic N) is 1. The van der Waals surface area contributed by atoms with Crippen LogP contribution in [0.15, 0.2) is 71.5 Å². The van der Waals surface area contributed by atoms with Crippen LogP contribution in [0.1, 0.15) is 11.3 Å². The molecule has 2 aromatic heterocycles. The van der Waals surface area contributed by atoms with Crippen LogP contribution in [-0.2, 0) is 22.3 Å². The van der Waals surface area contributed by atoms with Crippen LogP contribution in [0.2, 0.25) is 0 Å². The summed E-state index contributed by atoms with van der Waals surface area (Å²) in [6.45, 7) is 0.513. The highest BCUT2D eigenvalue weighted by Gasteiger charge is 2.11. The Labute approximate surface area is 140 Å². The normalized spacial score (nSPS) is 11.2. The van der Waals surface area contributed by atoms with Crippen molar-refractivity contribution in [2.24, 2.45) is 0 Å². The number of furan rings is 1. The molecule has 0 aliphatic heterocycles. The van der Waals surface area contributed by atoms with Crippen molar-refractivity contribution in [3.8, 4) is 0 Å². The molecule has 2 N–H and O–H groups in total. The van der Waals surface area contributed by atoms with Crippen LogP contribution in [0.5, 0.6) is 0 Å². The molecule has 0 amide bonds. The van der Waals surface area contributed by atoms with Gasteiger partial charge in [0.25, 0.3) is 0 Å². The summed E-state index contributed by atoms with van der Waals surface area (Å²) in [5.41, 5.74) is 1.16. The number of pyridine rings is 1. The summed E-state index contributed by atoms with van der Waals surface area (Å²) in [6, 6.07) is 16.1. The first-order valence-corrected chi connectivity index (χ1v) is 9.03. The Morgan fingerprint density at radius 1 is 1.00 bits per heavy atom. The van der Waals surface area contributed by atoms with Gasteiger partial charge in [-0.3, -0.25) is 4.72 Å². The number of anilines is 2. The third-order valence-corrected chi connectivity index (χ3v) is 4.52. The maximum absolute atomic E-state index is 12.2. The van der Waals surface area contributed by atoms with Crippen molar-refractivity contribution in [2.45, 2.75) is 12.3 Å². The van der Waals surface area contributed by atoms with Crippen LogP contribution in [0.25, 0.3) is 0 Å². The lowest BCUT2D eigenvalue weighted by Gasteiger charge is -2.09. The molecule has 2 heterocycles. The van der Waals surface area contributed by atoms with Crippen molar-refractivity contribution in [3.05, 3.63) is 78.4 Å². The molecule has 0 aliphatic carbocycles. The lowest BCUT2D eigenvalue weighted by Crippen LogP contribution is -2.15. The number of benzene rings is 1. The molecular formula is C17H17N3O3S. The summed E-state index contributed by atoms with van der Waals surface area (Å²) >= 11 is 0. The van der Waals surface area contributed by atoms with Crippen LogP contribution < -0.4 is 10.0 Å². The second-order valence-corrected chi connectivity index (χ2v) is 6.93. The molecule has 3 aromatic rings. The Bertz CT molecular complexity index is 861. The van der Waals surface area contributed by atoms with E-state index < -0.39 is 10.0 Å². The summed E-state index contributed by atoms with van der Waals surface area (Å²) in [5.74, 6) is 1.36. The van der Waals surface area contributed by atoms with Crippen LogP contribution >= 0.6 is 0 Å². The fraction of sp³-hybridized carbons (Fsp3) is 0.118. The second-order valence-electron chi connectivity index (χ2n) is 5.21. The molecule has 24 heavy (non-hydrogen) atoms. The largest absolute Gasteiger partial charge is 0.467 e. The van der Waals surface area contributed by atoms with Gasteiger partial charge in [0.2, 0.25) is 10.0 Å². The zero-order valence-corrected chi connectivity index (χ0v) is 13.7. The third-order valence-electron chi connectivity index (χ3n) is 3.26. The fourth-order valence-electron chi connectivity index (χ4n) is 2.16. The smallest absolute Gasteiger partial charge is 0.236 e. The highest BCUT2D eigenvalue weighted by Crippen LogP contribution is 2.14. The zero-order chi connectivity index (χ0) is 16.8. The highest BCUT2D eigenvalue weighted by molar-refractivity contribution is 7.91. The Kier molecular flexibility index (Phi) is 4.81. The van der Waals surface area contributed by atoms with Crippen molar-refractivity contribution in [3.63, 3.8) is 0 Å². The molecule has 0 radical (unpaired) electrons. The van der Waals surface area contributed by atoms with Gasteiger partial charge in [0, 0.05) is 0 Å². The standard InChI is InChI=1S/C17H17N3O3S/c21-24(22,13-14-5-2-1-3-6-14)20-15-8-9-17(18-11-15)19-12-16-7-4-10-23-16/h1-11,20H,12-13H2,(H,18,19). The number of hydrogen-bond donors (Lipinski definition) is 2. The van der Waals surface area contributed by atoms with E-state index in [1.807, 2.05) is 30.3 Å². The van der Waals surface area contributed by atoms with Crippen molar-refractivity contribution < 1.29 is 12.8 Å². The molecule has 3 rings (SSSR count). The molecule has 0 unspecified atom stereocenters. The van der Waals surface area contributed by atoms with E-state index >= 15 is 0 Å². The number of nitrogens with one attached hydrogen (secondary N) is 2. The zero-order valence-electron chi connectivity index (χ0n) is 12.8. The van der Waals surface area contributed by atoms with E-state index in [1.165, 1.54) is 6.20 Å². The number of hydrogen-bond acceptors (Lipinski definition) is 5. The molecule has 1 aromatic carbocycles. The molecule has 6 nitrogen and oxygen atoms in total. The molecule has 0 bridgehead atoms. The maximum Gasteiger partial charge on any atom is 0.236 e. The minimum absolute atomic E-state index is 0.0770. The minimum atomic E-state index is -3.47. The van der Waals surface area contributed by atoms with Crippen LogP contribution in [0, 0.1) is 0 Å². The van der Waals surface area contributed by atoms with Crippen LogP contribution in [0.4, 0.5) is 11.5 Å². The van der Waals surface area contributed by atoms with E-state index in [-0.39, 0.29) is 5.75 Å². The summed E-state index contributed by atoms with van der Waals surface area (Å²) in [7, 11) is -3.47. The monoisotopic (exact) mass is 343 g/mol. The van der Waals surface area contributed by atoms with Crippen molar-refractivity contribution in [1.29, 1.82) is 0 Å². The SMILES string of the molecule is O=S(=O)(Cc1ccccc1)Nc1ccc(NCc2ccco2)nc1. The first kappa shape index (κ1) is 16.1. The van der Waals surface area contributed by atoms with Gasteiger partial charge in [-0.15, -0.1) is 0 Å². The van der Waals surface area contributed by atoms with Gasteiger partial charge in [0.05, 0.1) is 30.4 Å². The van der Waals surface area contributed by atoms with E-state index in [2.05, 4.69) is 15.0 Å². The number of sulfonamides is 1. The Morgan fingerprint density at radius 3 is 2.50 bits per heavy atom. The van der Waals surface area contributed by atoms with Crippen molar-refractivity contribution in [1.82, 2.24) is 4.98 Å². The quantitative estimate of drug-likeness (QED) is 0.688. The van der Waals surface area contributed by atoms with E-state index in [4.69, 9.17) is 4.42 Å². The van der Waals surface area contributed by atoms with Gasteiger partial charge < -0.3 is 9.73 Å². The lowest BCUT2D eigenvalue weighted by molar-refractivity contribution is 0.518. The average Bonchev–Trinajstić information content (AvgIpc) is 3.08. The van der Waals surface area contributed by atoms with Gasteiger partial charge >= 0.3 is 0 Å². The van der Waals surface area contributed by atoms with E-state index in [1.54, 1.807) is 30.5 Å². The summed E-state index contributed by atoms with van der Waals surface area (Å²) < 4.78 is 32.1. The van der Waals surface area contributed by atoms with Gasteiger partial charge in [-0.1, -0.05) is 30.3 Å². The summed E-state index contributed by atoms with van der Waals surface area (Å²) in [6.07, 6.45) is 3.09. The van der Waals surface area contributed by atoms with Gasteiger partial charge in [-0.25, -0.2) is 13.4 Å². The lowest BCUT2D eigenvalue weighted by atomic mass is 10.2. The molecular weight excluding hydrogens is 326 g/mol. The summed E-state index contributed by atoms with van der Waals surface area (Å²) in [4.78, 5) is 4.19. The van der Waals surface area contributed by atoms with Gasteiger partial charge in [-0.05, 0) is 29.8 Å².